The van der Waals surface area contributed by atoms with Gasteiger partial charge in [0.25, 0.3) is 0 Å². The van der Waals surface area contributed by atoms with E-state index in [1.54, 1.807) is 6.07 Å². The number of pyridine rings is 1. The molecule has 3 rings (SSSR count). The second-order valence-electron chi connectivity index (χ2n) is 6.05. The molecular formula is C18H21NO3. The molecule has 0 spiro atoms. The van der Waals surface area contributed by atoms with Gasteiger partial charge in [-0.2, -0.15) is 0 Å². The van der Waals surface area contributed by atoms with E-state index in [-0.39, 0.29) is 12.6 Å². The first-order chi connectivity index (χ1) is 10.7. The SMILES string of the molecule is COC(=O)c1ccc2nc(C3CCCC(CO)C3)ccc2c1. The molecule has 4 heteroatoms. The van der Waals surface area contributed by atoms with Gasteiger partial charge in [0.1, 0.15) is 0 Å². The fourth-order valence-corrected chi connectivity index (χ4v) is 3.34. The van der Waals surface area contributed by atoms with E-state index in [1.165, 1.54) is 7.11 Å². The van der Waals surface area contributed by atoms with Gasteiger partial charge in [-0.25, -0.2) is 4.79 Å². The minimum Gasteiger partial charge on any atom is -0.465 e. The monoisotopic (exact) mass is 299 g/mol. The van der Waals surface area contributed by atoms with E-state index < -0.39 is 0 Å². The molecule has 0 bridgehead atoms. The number of hydrogen-bond acceptors (Lipinski definition) is 4. The number of aromatic nitrogens is 1. The van der Waals surface area contributed by atoms with E-state index in [9.17, 15) is 9.90 Å². The number of carbonyl (C=O) groups is 1. The summed E-state index contributed by atoms with van der Waals surface area (Å²) in [6.45, 7) is 0.270. The molecule has 1 aromatic heterocycles. The van der Waals surface area contributed by atoms with Gasteiger partial charge in [0, 0.05) is 23.6 Å². The van der Waals surface area contributed by atoms with Gasteiger partial charge >= 0.3 is 5.97 Å². The van der Waals surface area contributed by atoms with Crippen LogP contribution in [0.5, 0.6) is 0 Å². The van der Waals surface area contributed by atoms with E-state index >= 15 is 0 Å². The fraction of sp³-hybridized carbons (Fsp3) is 0.444. The predicted molar refractivity (Wildman–Crippen MR) is 84.9 cm³/mol. The molecule has 1 heterocycles. The first kappa shape index (κ1) is 15.0. The average Bonchev–Trinajstić information content (AvgIpc) is 2.60. The molecule has 116 valence electrons. The highest BCUT2D eigenvalue weighted by Crippen LogP contribution is 2.35. The summed E-state index contributed by atoms with van der Waals surface area (Å²) in [5, 5.41) is 10.3. The zero-order valence-corrected chi connectivity index (χ0v) is 12.8. The number of rotatable bonds is 3. The molecule has 1 fully saturated rings. The van der Waals surface area contributed by atoms with Crippen LogP contribution in [0.1, 0.15) is 47.7 Å². The molecule has 4 nitrogen and oxygen atoms in total. The normalized spacial score (nSPS) is 21.7. The maximum Gasteiger partial charge on any atom is 0.337 e. The number of benzene rings is 1. The number of aliphatic hydroxyl groups excluding tert-OH is 1. The third-order valence-electron chi connectivity index (χ3n) is 4.59. The largest absolute Gasteiger partial charge is 0.465 e. The lowest BCUT2D eigenvalue weighted by molar-refractivity contribution is 0.0601. The molecule has 0 saturated heterocycles. The minimum absolute atomic E-state index is 0.270. The predicted octanol–water partition coefficient (Wildman–Crippen LogP) is 3.29. The number of carbonyl (C=O) groups excluding carboxylic acids is 1. The zero-order valence-electron chi connectivity index (χ0n) is 12.8. The summed E-state index contributed by atoms with van der Waals surface area (Å²) in [7, 11) is 1.38. The van der Waals surface area contributed by atoms with Gasteiger partial charge in [0.15, 0.2) is 0 Å². The van der Waals surface area contributed by atoms with Crippen LogP contribution in [0.4, 0.5) is 0 Å². The highest BCUT2D eigenvalue weighted by molar-refractivity contribution is 5.94. The molecule has 2 atom stereocenters. The van der Waals surface area contributed by atoms with Gasteiger partial charge in [0.2, 0.25) is 0 Å². The lowest BCUT2D eigenvalue weighted by atomic mass is 9.80. The van der Waals surface area contributed by atoms with Crippen LogP contribution in [0.2, 0.25) is 0 Å². The molecule has 2 aromatic rings. The number of methoxy groups -OCH3 is 1. The minimum atomic E-state index is -0.330. The van der Waals surface area contributed by atoms with Gasteiger partial charge < -0.3 is 9.84 Å². The van der Waals surface area contributed by atoms with Crippen molar-refractivity contribution in [2.75, 3.05) is 13.7 Å². The summed E-state index contributed by atoms with van der Waals surface area (Å²) in [6, 6.07) is 9.51. The summed E-state index contributed by atoms with van der Waals surface area (Å²) in [6.07, 6.45) is 4.41. The van der Waals surface area contributed by atoms with E-state index in [0.29, 0.717) is 17.4 Å². The highest BCUT2D eigenvalue weighted by atomic mass is 16.5. The van der Waals surface area contributed by atoms with Crippen LogP contribution >= 0.6 is 0 Å². The van der Waals surface area contributed by atoms with Crippen LogP contribution in [0.15, 0.2) is 30.3 Å². The van der Waals surface area contributed by atoms with Gasteiger partial charge in [-0.3, -0.25) is 4.98 Å². The van der Waals surface area contributed by atoms with Crippen LogP contribution in [-0.4, -0.2) is 29.8 Å². The van der Waals surface area contributed by atoms with Crippen molar-refractivity contribution in [2.24, 2.45) is 5.92 Å². The molecule has 0 aliphatic heterocycles. The second kappa shape index (κ2) is 6.44. The van der Waals surface area contributed by atoms with Gasteiger partial charge in [-0.05, 0) is 49.4 Å². The Labute approximate surface area is 130 Å². The van der Waals surface area contributed by atoms with E-state index in [4.69, 9.17) is 9.72 Å². The van der Waals surface area contributed by atoms with Crippen molar-refractivity contribution in [3.63, 3.8) is 0 Å². The molecule has 1 saturated carbocycles. The maximum absolute atomic E-state index is 11.6. The second-order valence-corrected chi connectivity index (χ2v) is 6.05. The lowest BCUT2D eigenvalue weighted by Crippen LogP contribution is -2.17. The molecule has 1 aliphatic carbocycles. The van der Waals surface area contributed by atoms with Crippen molar-refractivity contribution in [3.8, 4) is 0 Å². The average molecular weight is 299 g/mol. The standard InChI is InChI=1S/C18H21NO3/c1-22-18(21)15-6-8-17-14(10-15)5-7-16(19-17)13-4-2-3-12(9-13)11-20/h5-8,10,12-13,20H,2-4,9,11H2,1H3. The van der Waals surface area contributed by atoms with Crippen molar-refractivity contribution >= 4 is 16.9 Å². The first-order valence-corrected chi connectivity index (χ1v) is 7.81. The Morgan fingerprint density at radius 1 is 1.32 bits per heavy atom. The van der Waals surface area contributed by atoms with Crippen LogP contribution in [-0.2, 0) is 4.74 Å². The van der Waals surface area contributed by atoms with Crippen molar-refractivity contribution in [3.05, 3.63) is 41.6 Å². The number of nitrogens with zero attached hydrogens (tertiary/aromatic N) is 1. The zero-order chi connectivity index (χ0) is 15.5. The van der Waals surface area contributed by atoms with Crippen molar-refractivity contribution < 1.29 is 14.6 Å². The summed E-state index contributed by atoms with van der Waals surface area (Å²) in [5.41, 5.74) is 2.54. The number of fused-ring (bicyclic) bond motifs is 1. The third kappa shape index (κ3) is 2.97. The maximum atomic E-state index is 11.6. The van der Waals surface area contributed by atoms with Crippen molar-refractivity contribution in [1.29, 1.82) is 0 Å². The molecule has 2 unspecified atom stereocenters. The van der Waals surface area contributed by atoms with Crippen molar-refractivity contribution in [1.82, 2.24) is 4.98 Å². The summed E-state index contributed by atoms with van der Waals surface area (Å²) < 4.78 is 4.75. The number of esters is 1. The Morgan fingerprint density at radius 2 is 2.18 bits per heavy atom. The Kier molecular flexibility index (Phi) is 4.39. The smallest absolute Gasteiger partial charge is 0.337 e. The summed E-state index contributed by atoms with van der Waals surface area (Å²) >= 11 is 0. The van der Waals surface area contributed by atoms with Crippen LogP contribution in [0.25, 0.3) is 10.9 Å². The molecule has 0 radical (unpaired) electrons. The Hall–Kier alpha value is -1.94. The van der Waals surface area contributed by atoms with Crippen LogP contribution in [0.3, 0.4) is 0 Å². The number of hydrogen-bond donors (Lipinski definition) is 1. The van der Waals surface area contributed by atoms with Gasteiger partial charge in [0.05, 0.1) is 18.2 Å². The number of ether oxygens (including phenoxy) is 1. The highest BCUT2D eigenvalue weighted by Gasteiger charge is 2.23. The summed E-state index contributed by atoms with van der Waals surface area (Å²) in [5.74, 6) is 0.498. The summed E-state index contributed by atoms with van der Waals surface area (Å²) in [4.78, 5) is 16.3. The Morgan fingerprint density at radius 3 is 2.95 bits per heavy atom. The molecule has 1 N–H and O–H groups in total. The first-order valence-electron chi connectivity index (χ1n) is 7.81. The van der Waals surface area contributed by atoms with Crippen LogP contribution in [0, 0.1) is 5.92 Å². The fourth-order valence-electron chi connectivity index (χ4n) is 3.34. The van der Waals surface area contributed by atoms with Gasteiger partial charge in [-0.15, -0.1) is 0 Å². The van der Waals surface area contributed by atoms with Crippen LogP contribution < -0.4 is 0 Å². The Balaban J connectivity index is 1.88. The molecular weight excluding hydrogens is 278 g/mol. The quantitative estimate of drug-likeness (QED) is 0.884. The van der Waals surface area contributed by atoms with E-state index in [1.807, 2.05) is 24.3 Å². The van der Waals surface area contributed by atoms with Gasteiger partial charge in [-0.1, -0.05) is 12.5 Å². The number of aliphatic hydroxyl groups is 1. The van der Waals surface area contributed by atoms with Crippen molar-refractivity contribution in [2.45, 2.75) is 31.6 Å². The topological polar surface area (TPSA) is 59.4 Å². The molecule has 1 aliphatic rings. The Bertz CT molecular complexity index is 683. The molecule has 0 amide bonds. The third-order valence-corrected chi connectivity index (χ3v) is 4.59. The van der Waals surface area contributed by atoms with E-state index in [0.717, 1.165) is 42.3 Å². The lowest BCUT2D eigenvalue weighted by Gasteiger charge is -2.27. The van der Waals surface area contributed by atoms with E-state index in [2.05, 4.69) is 0 Å². The molecule has 22 heavy (non-hydrogen) atoms. The molecule has 1 aromatic carbocycles.